The first-order valence-corrected chi connectivity index (χ1v) is 5.04. The summed E-state index contributed by atoms with van der Waals surface area (Å²) in [5.41, 5.74) is 1.93. The van der Waals surface area contributed by atoms with Crippen molar-refractivity contribution in [3.63, 3.8) is 0 Å². The van der Waals surface area contributed by atoms with E-state index < -0.39 is 0 Å². The van der Waals surface area contributed by atoms with Gasteiger partial charge in [-0.15, -0.1) is 0 Å². The van der Waals surface area contributed by atoms with E-state index >= 15 is 0 Å². The molecule has 0 spiro atoms. The fourth-order valence-electron chi connectivity index (χ4n) is 1.26. The molecule has 1 aromatic carbocycles. The minimum absolute atomic E-state index is 0.110. The summed E-state index contributed by atoms with van der Waals surface area (Å²) in [6.45, 7) is 2.47. The van der Waals surface area contributed by atoms with E-state index in [1.54, 1.807) is 11.9 Å². The number of aryl methyl sites for hydroxylation is 1. The highest BCUT2D eigenvalue weighted by molar-refractivity contribution is 5.92. The third kappa shape index (κ3) is 4.11. The third-order valence-corrected chi connectivity index (χ3v) is 2.09. The molecule has 1 rings (SSSR count). The first kappa shape index (κ1) is 12.2. The van der Waals surface area contributed by atoms with Gasteiger partial charge in [0.2, 0.25) is 5.91 Å². The lowest BCUT2D eigenvalue weighted by Crippen LogP contribution is -2.30. The van der Waals surface area contributed by atoms with Crippen molar-refractivity contribution in [1.29, 1.82) is 5.26 Å². The van der Waals surface area contributed by atoms with Crippen LogP contribution < -0.4 is 5.32 Å². The Hall–Kier alpha value is -1.86. The van der Waals surface area contributed by atoms with Crippen LogP contribution in [0.3, 0.4) is 0 Å². The summed E-state index contributed by atoms with van der Waals surface area (Å²) in [5, 5.41) is 11.2. The zero-order valence-corrected chi connectivity index (χ0v) is 9.53. The number of likely N-dealkylation sites (N-methyl/N-ethyl adjacent to an activating group) is 1. The number of anilines is 1. The van der Waals surface area contributed by atoms with Gasteiger partial charge in [-0.2, -0.15) is 5.26 Å². The summed E-state index contributed by atoms with van der Waals surface area (Å²) in [5.74, 6) is -0.110. The second-order valence-electron chi connectivity index (χ2n) is 3.74. The van der Waals surface area contributed by atoms with Gasteiger partial charge in [0.15, 0.2) is 0 Å². The Bertz CT molecular complexity index is 392. The second-order valence-corrected chi connectivity index (χ2v) is 3.74. The molecule has 1 N–H and O–H groups in total. The minimum Gasteiger partial charge on any atom is -0.325 e. The maximum atomic E-state index is 11.5. The van der Waals surface area contributed by atoms with Crippen LogP contribution in [0.4, 0.5) is 5.69 Å². The minimum atomic E-state index is -0.110. The molecule has 0 heterocycles. The van der Waals surface area contributed by atoms with E-state index in [0.717, 1.165) is 11.3 Å². The maximum Gasteiger partial charge on any atom is 0.238 e. The molecular formula is C12H15N3O. The number of nitrogens with zero attached hydrogens (tertiary/aromatic N) is 2. The van der Waals surface area contributed by atoms with Crippen molar-refractivity contribution in [3.8, 4) is 6.07 Å². The number of carbonyl (C=O) groups excluding carboxylic acids is 1. The van der Waals surface area contributed by atoms with Crippen LogP contribution in [-0.2, 0) is 4.79 Å². The topological polar surface area (TPSA) is 56.1 Å². The summed E-state index contributed by atoms with van der Waals surface area (Å²) in [7, 11) is 1.73. The van der Waals surface area contributed by atoms with Crippen LogP contribution in [0.1, 0.15) is 5.56 Å². The van der Waals surface area contributed by atoms with E-state index in [9.17, 15) is 4.79 Å². The molecule has 0 radical (unpaired) electrons. The number of amides is 1. The molecule has 0 fully saturated rings. The van der Waals surface area contributed by atoms with Gasteiger partial charge in [0.1, 0.15) is 0 Å². The fourth-order valence-corrected chi connectivity index (χ4v) is 1.26. The largest absolute Gasteiger partial charge is 0.325 e. The van der Waals surface area contributed by atoms with Gasteiger partial charge in [0, 0.05) is 5.69 Å². The van der Waals surface area contributed by atoms with Crippen LogP contribution >= 0.6 is 0 Å². The monoisotopic (exact) mass is 217 g/mol. The quantitative estimate of drug-likeness (QED) is 0.775. The Balaban J connectivity index is 2.46. The van der Waals surface area contributed by atoms with Crippen LogP contribution in [0.5, 0.6) is 0 Å². The smallest absolute Gasteiger partial charge is 0.238 e. The molecule has 84 valence electrons. The van der Waals surface area contributed by atoms with Crippen LogP contribution in [0.25, 0.3) is 0 Å². The Labute approximate surface area is 95.5 Å². The lowest BCUT2D eigenvalue weighted by atomic mass is 10.2. The normalized spacial score (nSPS) is 9.88. The highest BCUT2D eigenvalue weighted by Gasteiger charge is 2.05. The van der Waals surface area contributed by atoms with Crippen molar-refractivity contribution in [3.05, 3.63) is 29.8 Å². The number of carbonyl (C=O) groups is 1. The number of benzene rings is 1. The van der Waals surface area contributed by atoms with Gasteiger partial charge < -0.3 is 5.32 Å². The molecule has 0 aromatic heterocycles. The van der Waals surface area contributed by atoms with Gasteiger partial charge in [0.05, 0.1) is 19.2 Å². The average Bonchev–Trinajstić information content (AvgIpc) is 2.21. The van der Waals surface area contributed by atoms with Gasteiger partial charge in [-0.3, -0.25) is 9.69 Å². The average molecular weight is 217 g/mol. The maximum absolute atomic E-state index is 11.5. The molecule has 0 aliphatic heterocycles. The van der Waals surface area contributed by atoms with Crippen molar-refractivity contribution in [2.45, 2.75) is 6.92 Å². The zero-order chi connectivity index (χ0) is 12.0. The molecule has 0 atom stereocenters. The Morgan fingerprint density at radius 2 is 2.06 bits per heavy atom. The molecule has 0 aliphatic rings. The molecule has 1 aromatic rings. The lowest BCUT2D eigenvalue weighted by Gasteiger charge is -2.12. The van der Waals surface area contributed by atoms with Crippen LogP contribution in [0.2, 0.25) is 0 Å². The van der Waals surface area contributed by atoms with Crippen molar-refractivity contribution in [2.75, 3.05) is 25.5 Å². The number of nitriles is 1. The summed E-state index contributed by atoms with van der Waals surface area (Å²) in [4.78, 5) is 13.2. The fraction of sp³-hybridized carbons (Fsp3) is 0.333. The number of nitrogens with one attached hydrogen (secondary N) is 1. The number of hydrogen-bond acceptors (Lipinski definition) is 3. The predicted octanol–water partition coefficient (Wildman–Crippen LogP) is 1.39. The van der Waals surface area contributed by atoms with E-state index in [2.05, 4.69) is 5.32 Å². The molecule has 1 amide bonds. The van der Waals surface area contributed by atoms with Crippen LogP contribution in [0, 0.1) is 18.3 Å². The molecule has 0 aliphatic carbocycles. The SMILES string of the molecule is Cc1ccc(NC(=O)CN(C)CC#N)cc1. The van der Waals surface area contributed by atoms with Crippen molar-refractivity contribution >= 4 is 11.6 Å². The van der Waals surface area contributed by atoms with Crippen molar-refractivity contribution in [2.24, 2.45) is 0 Å². The first-order valence-electron chi connectivity index (χ1n) is 5.04. The summed E-state index contributed by atoms with van der Waals surface area (Å²) in [6, 6.07) is 9.59. The van der Waals surface area contributed by atoms with Gasteiger partial charge in [-0.05, 0) is 26.1 Å². The summed E-state index contributed by atoms with van der Waals surface area (Å²) in [6.07, 6.45) is 0. The van der Waals surface area contributed by atoms with Gasteiger partial charge in [-0.1, -0.05) is 17.7 Å². The first-order chi connectivity index (χ1) is 7.61. The van der Waals surface area contributed by atoms with E-state index in [1.165, 1.54) is 0 Å². The van der Waals surface area contributed by atoms with Gasteiger partial charge >= 0.3 is 0 Å². The van der Waals surface area contributed by atoms with E-state index in [4.69, 9.17) is 5.26 Å². The van der Waals surface area contributed by atoms with E-state index in [0.29, 0.717) is 0 Å². The second kappa shape index (κ2) is 5.89. The number of hydrogen-bond donors (Lipinski definition) is 1. The molecule has 0 bridgehead atoms. The summed E-state index contributed by atoms with van der Waals surface area (Å²) < 4.78 is 0. The number of rotatable bonds is 4. The molecule has 0 saturated carbocycles. The van der Waals surface area contributed by atoms with Crippen molar-refractivity contribution in [1.82, 2.24) is 4.90 Å². The van der Waals surface area contributed by atoms with E-state index in [1.807, 2.05) is 37.3 Å². The van der Waals surface area contributed by atoms with Crippen molar-refractivity contribution < 1.29 is 4.79 Å². The molecule has 0 saturated heterocycles. The predicted molar refractivity (Wildman–Crippen MR) is 62.9 cm³/mol. The standard InChI is InChI=1S/C12H15N3O/c1-10-3-5-11(6-4-10)14-12(16)9-15(2)8-7-13/h3-6H,8-9H2,1-2H3,(H,14,16). The molecular weight excluding hydrogens is 202 g/mol. The Kier molecular flexibility index (Phi) is 4.49. The Morgan fingerprint density at radius 3 is 2.62 bits per heavy atom. The highest BCUT2D eigenvalue weighted by Crippen LogP contribution is 2.08. The Morgan fingerprint density at radius 1 is 1.44 bits per heavy atom. The molecule has 4 nitrogen and oxygen atoms in total. The molecule has 16 heavy (non-hydrogen) atoms. The molecule has 0 unspecified atom stereocenters. The summed E-state index contributed by atoms with van der Waals surface area (Å²) >= 11 is 0. The molecule has 4 heteroatoms. The highest BCUT2D eigenvalue weighted by atomic mass is 16.2. The van der Waals surface area contributed by atoms with Gasteiger partial charge in [0.25, 0.3) is 0 Å². The van der Waals surface area contributed by atoms with Gasteiger partial charge in [-0.25, -0.2) is 0 Å². The lowest BCUT2D eigenvalue weighted by molar-refractivity contribution is -0.116. The zero-order valence-electron chi connectivity index (χ0n) is 9.53. The van der Waals surface area contributed by atoms with E-state index in [-0.39, 0.29) is 19.0 Å². The van der Waals surface area contributed by atoms with Crippen LogP contribution in [-0.4, -0.2) is 30.9 Å². The third-order valence-electron chi connectivity index (χ3n) is 2.09. The van der Waals surface area contributed by atoms with Crippen LogP contribution in [0.15, 0.2) is 24.3 Å².